The van der Waals surface area contributed by atoms with Crippen LogP contribution in [-0.2, 0) is 20.9 Å². The van der Waals surface area contributed by atoms with Gasteiger partial charge in [-0.15, -0.1) is 0 Å². The lowest BCUT2D eigenvalue weighted by Gasteiger charge is -2.26. The van der Waals surface area contributed by atoms with E-state index in [-0.39, 0.29) is 12.5 Å². The molecule has 7 nitrogen and oxygen atoms in total. The largest absolute Gasteiger partial charge is 0.445 e. The quantitative estimate of drug-likeness (QED) is 0.616. The Hall–Kier alpha value is -2.12. The van der Waals surface area contributed by atoms with Crippen LogP contribution in [0.2, 0.25) is 0 Å². The van der Waals surface area contributed by atoms with Crippen LogP contribution in [0.15, 0.2) is 30.3 Å². The summed E-state index contributed by atoms with van der Waals surface area (Å²) in [5, 5.41) is 5.58. The summed E-state index contributed by atoms with van der Waals surface area (Å²) < 4.78 is 10.4. The summed E-state index contributed by atoms with van der Waals surface area (Å²) in [6.45, 7) is 5.88. The molecule has 1 aliphatic heterocycles. The average Bonchev–Trinajstić information content (AvgIpc) is 2.68. The number of nitrogens with zero attached hydrogens (tertiary/aromatic N) is 1. The van der Waals surface area contributed by atoms with Gasteiger partial charge in [-0.25, -0.2) is 4.79 Å². The molecule has 1 aromatic rings. The van der Waals surface area contributed by atoms with Crippen molar-refractivity contribution in [1.29, 1.82) is 0 Å². The van der Waals surface area contributed by atoms with Gasteiger partial charge >= 0.3 is 6.09 Å². The van der Waals surface area contributed by atoms with Gasteiger partial charge < -0.3 is 20.1 Å². The molecule has 2 amide bonds. The Kier molecular flexibility index (Phi) is 9.53. The van der Waals surface area contributed by atoms with E-state index in [1.54, 1.807) is 0 Å². The van der Waals surface area contributed by atoms with Gasteiger partial charge in [0.2, 0.25) is 5.91 Å². The normalized spacial score (nSPS) is 14.6. The van der Waals surface area contributed by atoms with Crippen molar-refractivity contribution in [1.82, 2.24) is 15.5 Å². The molecule has 0 aliphatic carbocycles. The smallest absolute Gasteiger partial charge is 0.407 e. The monoisotopic (exact) mass is 363 g/mol. The molecule has 7 heteroatoms. The van der Waals surface area contributed by atoms with Crippen LogP contribution in [0.4, 0.5) is 4.79 Å². The Labute approximate surface area is 155 Å². The molecule has 0 saturated carbocycles. The van der Waals surface area contributed by atoms with E-state index in [0.717, 1.165) is 44.8 Å². The molecular weight excluding hydrogens is 334 g/mol. The predicted octanol–water partition coefficient (Wildman–Crippen LogP) is 1.53. The summed E-state index contributed by atoms with van der Waals surface area (Å²) in [5.41, 5.74) is 0.944. The number of carbonyl (C=O) groups is 2. The highest BCUT2D eigenvalue weighted by molar-refractivity contribution is 5.75. The third-order valence-corrected chi connectivity index (χ3v) is 4.14. The van der Waals surface area contributed by atoms with Gasteiger partial charge in [0.05, 0.1) is 13.2 Å². The van der Waals surface area contributed by atoms with Gasteiger partial charge in [0.25, 0.3) is 0 Å². The maximum atomic E-state index is 11.8. The number of morpholine rings is 1. The molecule has 0 radical (unpaired) electrons. The molecule has 1 saturated heterocycles. The number of ether oxygens (including phenoxy) is 2. The number of benzene rings is 1. The zero-order valence-electron chi connectivity index (χ0n) is 15.2. The van der Waals surface area contributed by atoms with Crippen molar-refractivity contribution in [3.63, 3.8) is 0 Å². The lowest BCUT2D eigenvalue weighted by atomic mass is 10.2. The number of alkyl carbamates (subject to hydrolysis) is 1. The number of amides is 2. The summed E-state index contributed by atoms with van der Waals surface area (Å²) in [6, 6.07) is 9.51. The summed E-state index contributed by atoms with van der Waals surface area (Å²) >= 11 is 0. The molecule has 0 atom stereocenters. The Morgan fingerprint density at radius 3 is 2.54 bits per heavy atom. The third-order valence-electron chi connectivity index (χ3n) is 4.14. The Morgan fingerprint density at radius 2 is 1.77 bits per heavy atom. The number of carbonyl (C=O) groups excluding carboxylic acids is 2. The lowest BCUT2D eigenvalue weighted by Crippen LogP contribution is -2.38. The van der Waals surface area contributed by atoms with Crippen LogP contribution in [0.25, 0.3) is 0 Å². The standard InChI is InChI=1S/C19H29N3O4/c23-18(20-10-5-11-22-12-14-25-15-13-22)8-4-9-21-19(24)26-16-17-6-2-1-3-7-17/h1-3,6-7H,4-5,8-16H2,(H,20,23)(H,21,24). The fraction of sp³-hybridized carbons (Fsp3) is 0.579. The molecule has 0 bridgehead atoms. The van der Waals surface area contributed by atoms with E-state index >= 15 is 0 Å². The van der Waals surface area contributed by atoms with E-state index in [2.05, 4.69) is 15.5 Å². The minimum atomic E-state index is -0.459. The second kappa shape index (κ2) is 12.3. The molecule has 0 spiro atoms. The SMILES string of the molecule is O=C(CCCNC(=O)OCc1ccccc1)NCCCN1CCOCC1. The molecule has 0 aromatic heterocycles. The molecule has 1 fully saturated rings. The first-order valence-corrected chi connectivity index (χ1v) is 9.25. The fourth-order valence-electron chi connectivity index (χ4n) is 2.66. The highest BCUT2D eigenvalue weighted by Crippen LogP contribution is 2.00. The predicted molar refractivity (Wildman–Crippen MR) is 98.7 cm³/mol. The van der Waals surface area contributed by atoms with E-state index in [0.29, 0.717) is 25.9 Å². The van der Waals surface area contributed by atoms with Crippen molar-refractivity contribution in [2.45, 2.75) is 25.9 Å². The van der Waals surface area contributed by atoms with Crippen LogP contribution < -0.4 is 10.6 Å². The Morgan fingerprint density at radius 1 is 1.04 bits per heavy atom. The van der Waals surface area contributed by atoms with E-state index in [4.69, 9.17) is 9.47 Å². The number of rotatable bonds is 10. The highest BCUT2D eigenvalue weighted by atomic mass is 16.5. The molecule has 2 rings (SSSR count). The molecule has 2 N–H and O–H groups in total. The minimum absolute atomic E-state index is 0.0198. The first kappa shape index (κ1) is 20.2. The van der Waals surface area contributed by atoms with Gasteiger partial charge in [0, 0.05) is 32.6 Å². The molecule has 1 aliphatic rings. The zero-order valence-corrected chi connectivity index (χ0v) is 15.2. The minimum Gasteiger partial charge on any atom is -0.445 e. The molecule has 1 aromatic carbocycles. The van der Waals surface area contributed by atoms with Gasteiger partial charge in [-0.2, -0.15) is 0 Å². The van der Waals surface area contributed by atoms with Crippen LogP contribution in [0.1, 0.15) is 24.8 Å². The summed E-state index contributed by atoms with van der Waals surface area (Å²) in [7, 11) is 0. The van der Waals surface area contributed by atoms with Crippen LogP contribution in [-0.4, -0.2) is 62.8 Å². The van der Waals surface area contributed by atoms with Crippen molar-refractivity contribution in [3.05, 3.63) is 35.9 Å². The van der Waals surface area contributed by atoms with Gasteiger partial charge in [0.1, 0.15) is 6.61 Å². The molecule has 144 valence electrons. The third kappa shape index (κ3) is 8.82. The molecular formula is C19H29N3O4. The van der Waals surface area contributed by atoms with Crippen molar-refractivity contribution >= 4 is 12.0 Å². The fourth-order valence-corrected chi connectivity index (χ4v) is 2.66. The zero-order chi connectivity index (χ0) is 18.5. The first-order chi connectivity index (χ1) is 12.7. The van der Waals surface area contributed by atoms with Crippen LogP contribution in [0.5, 0.6) is 0 Å². The van der Waals surface area contributed by atoms with Crippen LogP contribution in [0.3, 0.4) is 0 Å². The van der Waals surface area contributed by atoms with Gasteiger partial charge in [-0.1, -0.05) is 30.3 Å². The summed E-state index contributed by atoms with van der Waals surface area (Å²) in [4.78, 5) is 25.7. The van der Waals surface area contributed by atoms with Crippen molar-refractivity contribution in [3.8, 4) is 0 Å². The average molecular weight is 363 g/mol. The maximum Gasteiger partial charge on any atom is 0.407 e. The Balaban J connectivity index is 1.42. The topological polar surface area (TPSA) is 79.9 Å². The van der Waals surface area contributed by atoms with E-state index < -0.39 is 6.09 Å². The maximum absolute atomic E-state index is 11.8. The lowest BCUT2D eigenvalue weighted by molar-refractivity contribution is -0.121. The highest BCUT2D eigenvalue weighted by Gasteiger charge is 2.09. The first-order valence-electron chi connectivity index (χ1n) is 9.25. The number of nitrogens with one attached hydrogen (secondary N) is 2. The van der Waals surface area contributed by atoms with E-state index in [9.17, 15) is 9.59 Å². The van der Waals surface area contributed by atoms with Crippen molar-refractivity contribution in [2.75, 3.05) is 45.9 Å². The summed E-state index contributed by atoms with van der Waals surface area (Å²) in [6.07, 6.45) is 1.47. The van der Waals surface area contributed by atoms with Crippen molar-refractivity contribution in [2.24, 2.45) is 0 Å². The van der Waals surface area contributed by atoms with Crippen molar-refractivity contribution < 1.29 is 19.1 Å². The van der Waals surface area contributed by atoms with Crippen LogP contribution >= 0.6 is 0 Å². The second-order valence-electron chi connectivity index (χ2n) is 6.25. The van der Waals surface area contributed by atoms with E-state index in [1.165, 1.54) is 0 Å². The van der Waals surface area contributed by atoms with E-state index in [1.807, 2.05) is 30.3 Å². The number of hydrogen-bond donors (Lipinski definition) is 2. The summed E-state index contributed by atoms with van der Waals surface area (Å²) in [5.74, 6) is 0.0198. The molecule has 1 heterocycles. The van der Waals surface area contributed by atoms with Gasteiger partial charge in [-0.05, 0) is 24.9 Å². The molecule has 0 unspecified atom stereocenters. The van der Waals surface area contributed by atoms with Crippen LogP contribution in [0, 0.1) is 0 Å². The second-order valence-corrected chi connectivity index (χ2v) is 6.25. The Bertz CT molecular complexity index is 533. The number of hydrogen-bond acceptors (Lipinski definition) is 5. The van der Waals surface area contributed by atoms with Gasteiger partial charge in [-0.3, -0.25) is 9.69 Å². The molecule has 26 heavy (non-hydrogen) atoms. The van der Waals surface area contributed by atoms with Gasteiger partial charge in [0.15, 0.2) is 0 Å².